The van der Waals surface area contributed by atoms with Crippen LogP contribution >= 0.6 is 0 Å². The summed E-state index contributed by atoms with van der Waals surface area (Å²) < 4.78 is 5.95. The summed E-state index contributed by atoms with van der Waals surface area (Å²) in [5.74, 6) is -2.84. The van der Waals surface area contributed by atoms with Gasteiger partial charge in [-0.3, -0.25) is 28.9 Å². The standard InChI is InChI=1S/C45H71N7O7/c1-12-29(6)40(51(10)45(58)38(27(2)3)49-44(57)39(28(4)5)50(8)9)36(53)26-37(54)52-24-16-19-35(52)41(59-11)30(7)42(55)48-34(25-31-17-14-13-15-18-31)43(56)47-33-22-20-32(46)21-23-33/h13-15,17-18,20-23,27-30,34-36,38-41,53H,12,16,19,24-26,46H2,1-11H3,(H,47,56)(H,48,55)(H,49,57)/t29-,30+,34-,35-,36+,38-,39-,40-,41+/m0/s1. The molecule has 1 heterocycles. The number of likely N-dealkylation sites (tertiary alicyclic amines) is 1. The van der Waals surface area contributed by atoms with Crippen molar-refractivity contribution in [2.75, 3.05) is 45.8 Å². The zero-order valence-corrected chi connectivity index (χ0v) is 37.1. The number of rotatable bonds is 21. The molecule has 0 unspecified atom stereocenters. The number of likely N-dealkylation sites (N-methyl/N-ethyl adjacent to an activating group) is 2. The number of nitrogen functional groups attached to an aromatic ring is 1. The lowest BCUT2D eigenvalue weighted by Gasteiger charge is -2.40. The third-order valence-corrected chi connectivity index (χ3v) is 11.8. The zero-order chi connectivity index (χ0) is 44.1. The van der Waals surface area contributed by atoms with Crippen LogP contribution in [0.4, 0.5) is 11.4 Å². The van der Waals surface area contributed by atoms with E-state index in [0.717, 1.165) is 5.56 Å². The number of hydrogen-bond donors (Lipinski definition) is 5. The molecule has 0 aromatic heterocycles. The summed E-state index contributed by atoms with van der Waals surface area (Å²) in [4.78, 5) is 74.3. The van der Waals surface area contributed by atoms with Crippen LogP contribution in [0.1, 0.15) is 79.7 Å². The lowest BCUT2D eigenvalue weighted by atomic mass is 9.89. The molecule has 1 saturated heterocycles. The average molecular weight is 822 g/mol. The van der Waals surface area contributed by atoms with Crippen LogP contribution in [0.2, 0.25) is 0 Å². The van der Waals surface area contributed by atoms with Gasteiger partial charge in [0.2, 0.25) is 29.5 Å². The maximum atomic E-state index is 14.1. The number of nitrogens with two attached hydrogens (primary N) is 1. The molecule has 0 bridgehead atoms. The molecule has 1 aliphatic rings. The Bertz CT molecular complexity index is 1660. The molecule has 6 N–H and O–H groups in total. The van der Waals surface area contributed by atoms with E-state index in [0.29, 0.717) is 37.2 Å². The fourth-order valence-electron chi connectivity index (χ4n) is 8.37. The van der Waals surface area contributed by atoms with Gasteiger partial charge in [0.25, 0.3) is 0 Å². The van der Waals surface area contributed by atoms with Crippen LogP contribution in [-0.2, 0) is 35.1 Å². The highest BCUT2D eigenvalue weighted by atomic mass is 16.5. The van der Waals surface area contributed by atoms with E-state index < -0.39 is 60.1 Å². The summed E-state index contributed by atoms with van der Waals surface area (Å²) in [6, 6.07) is 12.8. The molecule has 0 radical (unpaired) electrons. The molecule has 14 nitrogen and oxygen atoms in total. The fourth-order valence-corrected chi connectivity index (χ4v) is 8.37. The zero-order valence-electron chi connectivity index (χ0n) is 37.1. The molecular weight excluding hydrogens is 751 g/mol. The van der Waals surface area contributed by atoms with E-state index in [4.69, 9.17) is 10.5 Å². The van der Waals surface area contributed by atoms with E-state index in [2.05, 4.69) is 16.0 Å². The van der Waals surface area contributed by atoms with Gasteiger partial charge in [0.05, 0.1) is 42.7 Å². The van der Waals surface area contributed by atoms with Gasteiger partial charge in [-0.25, -0.2) is 0 Å². The van der Waals surface area contributed by atoms with Gasteiger partial charge in [-0.15, -0.1) is 0 Å². The predicted molar refractivity (Wildman–Crippen MR) is 232 cm³/mol. The smallest absolute Gasteiger partial charge is 0.247 e. The molecule has 1 fully saturated rings. The second-order valence-corrected chi connectivity index (χ2v) is 17.1. The molecule has 3 rings (SSSR count). The molecule has 328 valence electrons. The Morgan fingerprint density at radius 1 is 0.881 bits per heavy atom. The number of benzene rings is 2. The lowest BCUT2D eigenvalue weighted by Crippen LogP contribution is -2.59. The van der Waals surface area contributed by atoms with E-state index >= 15 is 0 Å². The van der Waals surface area contributed by atoms with E-state index in [1.165, 1.54) is 12.0 Å². The van der Waals surface area contributed by atoms with E-state index in [1.807, 2.05) is 90.9 Å². The van der Waals surface area contributed by atoms with Gasteiger partial charge in [-0.1, -0.05) is 85.2 Å². The van der Waals surface area contributed by atoms with Crippen LogP contribution in [0, 0.1) is 23.7 Å². The van der Waals surface area contributed by atoms with Crippen molar-refractivity contribution in [1.82, 2.24) is 25.3 Å². The van der Waals surface area contributed by atoms with Gasteiger partial charge >= 0.3 is 0 Å². The van der Waals surface area contributed by atoms with Crippen LogP contribution in [0.15, 0.2) is 54.6 Å². The Morgan fingerprint density at radius 3 is 2.05 bits per heavy atom. The number of ether oxygens (including phenoxy) is 1. The summed E-state index contributed by atoms with van der Waals surface area (Å²) in [6.45, 7) is 13.7. The number of methoxy groups -OCH3 is 1. The van der Waals surface area contributed by atoms with Crippen molar-refractivity contribution in [1.29, 1.82) is 0 Å². The number of carbonyl (C=O) groups is 5. The second kappa shape index (κ2) is 22.7. The van der Waals surface area contributed by atoms with Crippen LogP contribution in [-0.4, -0.2) is 127 Å². The first-order valence-electron chi connectivity index (χ1n) is 21.1. The van der Waals surface area contributed by atoms with Crippen LogP contribution in [0.25, 0.3) is 0 Å². The van der Waals surface area contributed by atoms with Crippen molar-refractivity contribution in [3.63, 3.8) is 0 Å². The number of aliphatic hydroxyl groups excluding tert-OH is 1. The molecule has 5 amide bonds. The minimum Gasteiger partial charge on any atom is -0.399 e. The molecule has 0 spiro atoms. The van der Waals surface area contributed by atoms with Crippen molar-refractivity contribution in [2.24, 2.45) is 23.7 Å². The number of hydrogen-bond acceptors (Lipinski definition) is 9. The van der Waals surface area contributed by atoms with Gasteiger partial charge in [0, 0.05) is 38.5 Å². The number of nitrogens with zero attached hydrogens (tertiary/aromatic N) is 3. The predicted octanol–water partition coefficient (Wildman–Crippen LogP) is 3.93. The minimum atomic E-state index is -1.21. The summed E-state index contributed by atoms with van der Waals surface area (Å²) in [5.41, 5.74) is 7.79. The topological polar surface area (TPSA) is 187 Å². The molecule has 0 saturated carbocycles. The highest BCUT2D eigenvalue weighted by molar-refractivity contribution is 5.98. The SMILES string of the molecule is CC[C@H](C)[C@@H]([C@H](O)CC(=O)N1CCC[C@H]1[C@H](OC)[C@@H](C)C(=O)N[C@@H](Cc1ccccc1)C(=O)Nc1ccc(N)cc1)N(C)C(=O)[C@@H](NC(=O)[C@H](C(C)C)N(C)C)C(C)C. The van der Waals surface area contributed by atoms with Crippen LogP contribution < -0.4 is 21.7 Å². The number of aliphatic hydroxyl groups is 1. The summed E-state index contributed by atoms with van der Waals surface area (Å²) in [6.07, 6.45) is -0.0310. The highest BCUT2D eigenvalue weighted by Crippen LogP contribution is 2.29. The summed E-state index contributed by atoms with van der Waals surface area (Å²) in [5, 5.41) is 20.6. The summed E-state index contributed by atoms with van der Waals surface area (Å²) >= 11 is 0. The normalized spacial score (nSPS) is 18.4. The van der Waals surface area contributed by atoms with Crippen molar-refractivity contribution >= 4 is 40.9 Å². The van der Waals surface area contributed by atoms with Gasteiger partial charge < -0.3 is 41.3 Å². The molecule has 2 aromatic rings. The Balaban J connectivity index is 1.78. The molecule has 2 aromatic carbocycles. The first kappa shape index (κ1) is 48.8. The van der Waals surface area contributed by atoms with Crippen molar-refractivity contribution in [2.45, 2.75) is 123 Å². The third-order valence-electron chi connectivity index (χ3n) is 11.8. The first-order valence-corrected chi connectivity index (χ1v) is 21.1. The van der Waals surface area contributed by atoms with Gasteiger partial charge in [-0.05, 0) is 74.5 Å². The fraction of sp³-hybridized carbons (Fsp3) is 0.622. The number of nitrogens with one attached hydrogen (secondary N) is 3. The number of carbonyl (C=O) groups excluding carboxylic acids is 5. The van der Waals surface area contributed by atoms with Gasteiger partial charge in [0.15, 0.2) is 0 Å². The first-order chi connectivity index (χ1) is 27.8. The second-order valence-electron chi connectivity index (χ2n) is 17.1. The Morgan fingerprint density at radius 2 is 1.51 bits per heavy atom. The molecule has 9 atom stereocenters. The van der Waals surface area contributed by atoms with Gasteiger partial charge in [-0.2, -0.15) is 0 Å². The van der Waals surface area contributed by atoms with Crippen molar-refractivity contribution in [3.05, 3.63) is 60.2 Å². The van der Waals surface area contributed by atoms with E-state index in [1.54, 1.807) is 43.1 Å². The maximum Gasteiger partial charge on any atom is 0.247 e. The molecular formula is C45H71N7O7. The van der Waals surface area contributed by atoms with E-state index in [-0.39, 0.29) is 48.3 Å². The maximum absolute atomic E-state index is 14.1. The average Bonchev–Trinajstić information content (AvgIpc) is 3.67. The molecule has 1 aliphatic heterocycles. The third kappa shape index (κ3) is 13.2. The Kier molecular flexibility index (Phi) is 18.8. The quantitative estimate of drug-likeness (QED) is 0.116. The summed E-state index contributed by atoms with van der Waals surface area (Å²) in [7, 11) is 6.79. The minimum absolute atomic E-state index is 0.0137. The largest absolute Gasteiger partial charge is 0.399 e. The van der Waals surface area contributed by atoms with Crippen molar-refractivity contribution < 1.29 is 33.8 Å². The molecule has 0 aliphatic carbocycles. The monoisotopic (exact) mass is 822 g/mol. The highest BCUT2D eigenvalue weighted by Gasteiger charge is 2.43. The van der Waals surface area contributed by atoms with E-state index in [9.17, 15) is 29.1 Å². The lowest BCUT2D eigenvalue weighted by molar-refractivity contribution is -0.147. The van der Waals surface area contributed by atoms with Gasteiger partial charge in [0.1, 0.15) is 12.1 Å². The Labute approximate surface area is 352 Å². The number of amides is 5. The number of anilines is 2. The molecule has 59 heavy (non-hydrogen) atoms. The van der Waals surface area contributed by atoms with Crippen LogP contribution in [0.3, 0.4) is 0 Å². The van der Waals surface area contributed by atoms with Crippen molar-refractivity contribution in [3.8, 4) is 0 Å². The van der Waals surface area contributed by atoms with Crippen LogP contribution in [0.5, 0.6) is 0 Å². The molecule has 14 heteroatoms. The Hall–Kier alpha value is -4.53.